The van der Waals surface area contributed by atoms with E-state index in [9.17, 15) is 14.0 Å². The van der Waals surface area contributed by atoms with E-state index in [0.29, 0.717) is 37.3 Å². The number of likely N-dealkylation sites (tertiary alicyclic amines) is 1. The molecule has 28 heavy (non-hydrogen) atoms. The maximum atomic E-state index is 12.9. The first-order valence-electron chi connectivity index (χ1n) is 9.06. The van der Waals surface area contributed by atoms with Gasteiger partial charge in [-0.15, -0.1) is 0 Å². The lowest BCUT2D eigenvalue weighted by Gasteiger charge is -2.32. The zero-order valence-electron chi connectivity index (χ0n) is 15.6. The number of hydrogen-bond donors (Lipinski definition) is 3. The molecule has 0 spiro atoms. The number of nitrogens with zero attached hydrogens (tertiary/aromatic N) is 1. The van der Waals surface area contributed by atoms with E-state index in [1.54, 1.807) is 36.3 Å². The van der Waals surface area contributed by atoms with Crippen LogP contribution in [0.1, 0.15) is 12.8 Å². The lowest BCUT2D eigenvalue weighted by atomic mass is 10.1. The highest BCUT2D eigenvalue weighted by atomic mass is 19.1. The van der Waals surface area contributed by atoms with E-state index in [1.165, 1.54) is 24.3 Å². The second-order valence-electron chi connectivity index (χ2n) is 6.53. The molecule has 3 N–H and O–H groups in total. The summed E-state index contributed by atoms with van der Waals surface area (Å²) in [5.41, 5.74) is 1.22. The van der Waals surface area contributed by atoms with Crippen molar-refractivity contribution in [3.05, 3.63) is 54.3 Å². The van der Waals surface area contributed by atoms with Crippen LogP contribution >= 0.6 is 0 Å². The fraction of sp³-hybridized carbons (Fsp3) is 0.300. The quantitative estimate of drug-likeness (QED) is 0.750. The molecule has 1 fully saturated rings. The molecule has 8 heteroatoms. The maximum Gasteiger partial charge on any atom is 0.321 e. The summed E-state index contributed by atoms with van der Waals surface area (Å²) in [7, 11) is 1.59. The van der Waals surface area contributed by atoms with Crippen LogP contribution in [0, 0.1) is 5.82 Å². The summed E-state index contributed by atoms with van der Waals surface area (Å²) in [4.78, 5) is 26.2. The molecule has 0 unspecified atom stereocenters. The number of hydrogen-bond acceptors (Lipinski definition) is 3. The van der Waals surface area contributed by atoms with Crippen LogP contribution in [0.4, 0.5) is 25.4 Å². The Balaban J connectivity index is 1.42. The molecule has 1 heterocycles. The van der Waals surface area contributed by atoms with Crippen molar-refractivity contribution in [2.45, 2.75) is 18.9 Å². The third-order valence-corrected chi connectivity index (χ3v) is 4.56. The molecule has 4 amide bonds. The van der Waals surface area contributed by atoms with E-state index < -0.39 is 0 Å². The number of urea groups is 2. The monoisotopic (exact) mass is 386 g/mol. The normalized spacial score (nSPS) is 14.3. The average Bonchev–Trinajstić information content (AvgIpc) is 2.71. The van der Waals surface area contributed by atoms with Gasteiger partial charge in [0.2, 0.25) is 0 Å². The van der Waals surface area contributed by atoms with Crippen LogP contribution in [0.2, 0.25) is 0 Å². The van der Waals surface area contributed by atoms with Gasteiger partial charge in [0.15, 0.2) is 0 Å². The molecule has 1 aliphatic rings. The number of rotatable bonds is 4. The third kappa shape index (κ3) is 5.35. The standard InChI is InChI=1S/C20H23FN4O3/c1-28-18-8-6-16(7-9-18)24-20(27)25-12-10-17(11-13-25)23-19(26)22-15-4-2-14(21)3-5-15/h2-9,17H,10-13H2,1H3,(H,24,27)(H2,22,23,26). The highest BCUT2D eigenvalue weighted by molar-refractivity contribution is 5.90. The first-order valence-corrected chi connectivity index (χ1v) is 9.06. The van der Waals surface area contributed by atoms with Crippen LogP contribution in [-0.4, -0.2) is 43.2 Å². The van der Waals surface area contributed by atoms with E-state index in [4.69, 9.17) is 4.74 Å². The Morgan fingerprint density at radius 1 is 0.964 bits per heavy atom. The number of ether oxygens (including phenoxy) is 1. The number of carbonyl (C=O) groups is 2. The number of amides is 4. The van der Waals surface area contributed by atoms with E-state index in [1.807, 2.05) is 0 Å². The Morgan fingerprint density at radius 3 is 2.14 bits per heavy atom. The Bertz CT molecular complexity index is 803. The van der Waals surface area contributed by atoms with Gasteiger partial charge in [-0.05, 0) is 61.4 Å². The van der Waals surface area contributed by atoms with Gasteiger partial charge in [0.1, 0.15) is 11.6 Å². The molecule has 2 aromatic carbocycles. The summed E-state index contributed by atoms with van der Waals surface area (Å²) in [5, 5.41) is 8.42. The van der Waals surface area contributed by atoms with Crippen molar-refractivity contribution >= 4 is 23.4 Å². The lowest BCUT2D eigenvalue weighted by molar-refractivity contribution is 0.189. The number of carbonyl (C=O) groups excluding carboxylic acids is 2. The molecule has 1 aliphatic heterocycles. The molecule has 0 bridgehead atoms. The van der Waals surface area contributed by atoms with Gasteiger partial charge in [-0.3, -0.25) is 0 Å². The van der Waals surface area contributed by atoms with Crippen molar-refractivity contribution in [2.75, 3.05) is 30.8 Å². The van der Waals surface area contributed by atoms with Crippen LogP contribution in [0.15, 0.2) is 48.5 Å². The molecule has 0 radical (unpaired) electrons. The summed E-state index contributed by atoms with van der Waals surface area (Å²) in [6, 6.07) is 12.2. The summed E-state index contributed by atoms with van der Waals surface area (Å²) in [5.74, 6) is 0.370. The van der Waals surface area contributed by atoms with Crippen molar-refractivity contribution in [3.8, 4) is 5.75 Å². The number of piperidine rings is 1. The number of methoxy groups -OCH3 is 1. The molecule has 7 nitrogen and oxygen atoms in total. The second-order valence-corrected chi connectivity index (χ2v) is 6.53. The third-order valence-electron chi connectivity index (χ3n) is 4.56. The minimum Gasteiger partial charge on any atom is -0.497 e. The van der Waals surface area contributed by atoms with Gasteiger partial charge in [0.05, 0.1) is 7.11 Å². The molecule has 148 valence electrons. The Labute approximate surface area is 162 Å². The van der Waals surface area contributed by atoms with E-state index in [2.05, 4.69) is 16.0 Å². The van der Waals surface area contributed by atoms with Crippen LogP contribution in [0.5, 0.6) is 5.75 Å². The summed E-state index contributed by atoms with van der Waals surface area (Å²) in [6.45, 7) is 1.09. The fourth-order valence-corrected chi connectivity index (χ4v) is 2.99. The van der Waals surface area contributed by atoms with Gasteiger partial charge in [-0.2, -0.15) is 0 Å². The lowest BCUT2D eigenvalue weighted by Crippen LogP contribution is -2.48. The van der Waals surface area contributed by atoms with Gasteiger partial charge in [0.25, 0.3) is 0 Å². The van der Waals surface area contributed by atoms with E-state index in [-0.39, 0.29) is 23.9 Å². The fourth-order valence-electron chi connectivity index (χ4n) is 2.99. The molecule has 0 aliphatic carbocycles. The first kappa shape index (κ1) is 19.5. The summed E-state index contributed by atoms with van der Waals surface area (Å²) < 4.78 is 18.0. The predicted octanol–water partition coefficient (Wildman–Crippen LogP) is 3.65. The number of benzene rings is 2. The van der Waals surface area contributed by atoms with Crippen molar-refractivity contribution in [2.24, 2.45) is 0 Å². The predicted molar refractivity (Wildman–Crippen MR) is 105 cm³/mol. The van der Waals surface area contributed by atoms with Crippen LogP contribution < -0.4 is 20.7 Å². The van der Waals surface area contributed by atoms with E-state index >= 15 is 0 Å². The highest BCUT2D eigenvalue weighted by Gasteiger charge is 2.24. The number of anilines is 2. The van der Waals surface area contributed by atoms with Gasteiger partial charge in [0, 0.05) is 30.5 Å². The molecular weight excluding hydrogens is 363 g/mol. The zero-order valence-corrected chi connectivity index (χ0v) is 15.6. The number of nitrogens with one attached hydrogen (secondary N) is 3. The second kappa shape index (κ2) is 9.07. The van der Waals surface area contributed by atoms with Crippen molar-refractivity contribution in [1.29, 1.82) is 0 Å². The van der Waals surface area contributed by atoms with E-state index in [0.717, 1.165) is 5.75 Å². The molecule has 0 aromatic heterocycles. The highest BCUT2D eigenvalue weighted by Crippen LogP contribution is 2.17. The van der Waals surface area contributed by atoms with Gasteiger partial charge < -0.3 is 25.6 Å². The maximum absolute atomic E-state index is 12.9. The average molecular weight is 386 g/mol. The van der Waals surface area contributed by atoms with Crippen molar-refractivity contribution in [1.82, 2.24) is 10.2 Å². The smallest absolute Gasteiger partial charge is 0.321 e. The minimum atomic E-state index is -0.355. The van der Waals surface area contributed by atoms with Crippen LogP contribution in [0.25, 0.3) is 0 Å². The topological polar surface area (TPSA) is 82.7 Å². The molecule has 2 aromatic rings. The largest absolute Gasteiger partial charge is 0.497 e. The Hall–Kier alpha value is -3.29. The summed E-state index contributed by atoms with van der Waals surface area (Å²) >= 11 is 0. The molecule has 3 rings (SSSR count). The minimum absolute atomic E-state index is 0.0227. The zero-order chi connectivity index (χ0) is 19.9. The molecule has 1 saturated heterocycles. The first-order chi connectivity index (χ1) is 13.5. The van der Waals surface area contributed by atoms with Crippen molar-refractivity contribution < 1.29 is 18.7 Å². The van der Waals surface area contributed by atoms with Gasteiger partial charge in [-0.25, -0.2) is 14.0 Å². The Morgan fingerprint density at radius 2 is 1.54 bits per heavy atom. The summed E-state index contributed by atoms with van der Waals surface area (Å²) in [6.07, 6.45) is 1.32. The van der Waals surface area contributed by atoms with Crippen LogP contribution in [-0.2, 0) is 0 Å². The molecular formula is C20H23FN4O3. The Kier molecular flexibility index (Phi) is 6.31. The molecule has 0 saturated carbocycles. The number of halogens is 1. The van der Waals surface area contributed by atoms with Gasteiger partial charge in [-0.1, -0.05) is 0 Å². The van der Waals surface area contributed by atoms with Crippen molar-refractivity contribution in [3.63, 3.8) is 0 Å². The molecule has 0 atom stereocenters. The van der Waals surface area contributed by atoms with Gasteiger partial charge >= 0.3 is 12.1 Å². The van der Waals surface area contributed by atoms with Crippen LogP contribution in [0.3, 0.4) is 0 Å². The SMILES string of the molecule is COc1ccc(NC(=O)N2CCC(NC(=O)Nc3ccc(F)cc3)CC2)cc1.